The number of aromatic nitrogens is 2. The molecule has 1 aromatic heterocycles. The van der Waals surface area contributed by atoms with Crippen molar-refractivity contribution in [3.05, 3.63) is 65.0 Å². The molecule has 0 atom stereocenters. The highest BCUT2D eigenvalue weighted by Gasteiger charge is 2.37. The second-order valence-electron chi connectivity index (χ2n) is 5.68. The topological polar surface area (TPSA) is 57.8 Å². The van der Waals surface area contributed by atoms with Crippen LogP contribution in [-0.4, -0.2) is 15.9 Å². The maximum Gasteiger partial charge on any atom is 0.416 e. The lowest BCUT2D eigenvalue weighted by molar-refractivity contribution is -0.143. The van der Waals surface area contributed by atoms with Crippen LogP contribution in [0.3, 0.4) is 0 Å². The average molecular weight is 387 g/mol. The number of benzene rings is 2. The standard InChI is InChI=1S/C17H11F6N3O/c18-16(19,20)10-5-9(6-11(7-10)17(21,22)23)15(27)24-8-14-25-12-3-1-2-4-13(12)26-14/h1-7H,8H2,(H,24,27)(H,25,26). The Balaban J connectivity index is 1.84. The van der Waals surface area contributed by atoms with Crippen molar-refractivity contribution < 1.29 is 31.1 Å². The molecule has 3 aromatic rings. The van der Waals surface area contributed by atoms with Crippen molar-refractivity contribution in [1.29, 1.82) is 0 Å². The Morgan fingerprint density at radius 3 is 2.11 bits per heavy atom. The molecule has 1 amide bonds. The number of imidazole rings is 1. The number of nitrogens with one attached hydrogen (secondary N) is 2. The summed E-state index contributed by atoms with van der Waals surface area (Å²) in [5, 5.41) is 2.27. The number of para-hydroxylation sites is 2. The summed E-state index contributed by atoms with van der Waals surface area (Å²) in [6.07, 6.45) is -10.0. The van der Waals surface area contributed by atoms with E-state index in [4.69, 9.17) is 0 Å². The third-order valence-corrected chi connectivity index (χ3v) is 3.70. The van der Waals surface area contributed by atoms with Crippen LogP contribution in [0.25, 0.3) is 11.0 Å². The van der Waals surface area contributed by atoms with Gasteiger partial charge < -0.3 is 10.3 Å². The molecule has 0 unspecified atom stereocenters. The molecule has 0 aliphatic rings. The summed E-state index contributed by atoms with van der Waals surface area (Å²) in [6.45, 7) is -0.189. The monoisotopic (exact) mass is 387 g/mol. The largest absolute Gasteiger partial charge is 0.416 e. The minimum atomic E-state index is -5.02. The maximum atomic E-state index is 12.9. The average Bonchev–Trinajstić information content (AvgIpc) is 3.00. The summed E-state index contributed by atoms with van der Waals surface area (Å²) < 4.78 is 77.1. The van der Waals surface area contributed by atoms with E-state index in [0.717, 1.165) is 0 Å². The van der Waals surface area contributed by atoms with Gasteiger partial charge in [-0.3, -0.25) is 4.79 Å². The summed E-state index contributed by atoms with van der Waals surface area (Å²) >= 11 is 0. The van der Waals surface area contributed by atoms with Gasteiger partial charge in [-0.05, 0) is 30.3 Å². The number of alkyl halides is 6. The first kappa shape index (κ1) is 18.7. The molecule has 0 aliphatic heterocycles. The number of amides is 1. The van der Waals surface area contributed by atoms with Gasteiger partial charge in [-0.2, -0.15) is 26.3 Å². The number of carbonyl (C=O) groups excluding carboxylic acids is 1. The van der Waals surface area contributed by atoms with Gasteiger partial charge in [0.05, 0.1) is 28.7 Å². The Hall–Kier alpha value is -3.04. The summed E-state index contributed by atoms with van der Waals surface area (Å²) in [6, 6.07) is 7.66. The number of rotatable bonds is 3. The predicted molar refractivity (Wildman–Crippen MR) is 83.7 cm³/mol. The van der Waals surface area contributed by atoms with Crippen LogP contribution >= 0.6 is 0 Å². The van der Waals surface area contributed by atoms with Crippen molar-refractivity contribution in [2.75, 3.05) is 0 Å². The molecule has 0 bridgehead atoms. The highest BCUT2D eigenvalue weighted by molar-refractivity contribution is 5.94. The van der Waals surface area contributed by atoms with Crippen LogP contribution in [0.1, 0.15) is 27.3 Å². The van der Waals surface area contributed by atoms with Crippen LogP contribution in [0.15, 0.2) is 42.5 Å². The number of carbonyl (C=O) groups is 1. The molecule has 3 rings (SSSR count). The SMILES string of the molecule is O=C(NCc1nc2ccccc2[nH]1)c1cc(C(F)(F)F)cc(C(F)(F)F)c1. The van der Waals surface area contributed by atoms with E-state index in [-0.39, 0.29) is 12.6 Å². The van der Waals surface area contributed by atoms with Crippen LogP contribution < -0.4 is 5.32 Å². The number of halogens is 6. The number of H-pyrrole nitrogens is 1. The molecule has 4 nitrogen and oxygen atoms in total. The lowest BCUT2D eigenvalue weighted by Gasteiger charge is -2.14. The van der Waals surface area contributed by atoms with Crippen LogP contribution in [-0.2, 0) is 18.9 Å². The van der Waals surface area contributed by atoms with Crippen molar-refractivity contribution in [2.45, 2.75) is 18.9 Å². The molecular formula is C17H11F6N3O. The molecule has 2 aromatic carbocycles. The number of hydrogen-bond acceptors (Lipinski definition) is 2. The molecule has 0 aliphatic carbocycles. The van der Waals surface area contributed by atoms with E-state index in [1.807, 2.05) is 0 Å². The van der Waals surface area contributed by atoms with Crippen LogP contribution in [0.4, 0.5) is 26.3 Å². The number of hydrogen-bond donors (Lipinski definition) is 2. The van der Waals surface area contributed by atoms with Crippen molar-refractivity contribution >= 4 is 16.9 Å². The minimum Gasteiger partial charge on any atom is -0.345 e. The highest BCUT2D eigenvalue weighted by atomic mass is 19.4. The fraction of sp³-hybridized carbons (Fsp3) is 0.176. The van der Waals surface area contributed by atoms with Gasteiger partial charge in [0.2, 0.25) is 0 Å². The van der Waals surface area contributed by atoms with Crippen LogP contribution in [0, 0.1) is 0 Å². The van der Waals surface area contributed by atoms with E-state index < -0.39 is 35.0 Å². The smallest absolute Gasteiger partial charge is 0.345 e. The van der Waals surface area contributed by atoms with E-state index >= 15 is 0 Å². The van der Waals surface area contributed by atoms with Gasteiger partial charge in [0.1, 0.15) is 5.82 Å². The van der Waals surface area contributed by atoms with Gasteiger partial charge in [-0.25, -0.2) is 4.98 Å². The second-order valence-corrected chi connectivity index (χ2v) is 5.68. The van der Waals surface area contributed by atoms with Crippen LogP contribution in [0.2, 0.25) is 0 Å². The molecule has 0 spiro atoms. The molecule has 10 heteroatoms. The van der Waals surface area contributed by atoms with Gasteiger partial charge in [0, 0.05) is 5.56 Å². The molecule has 0 saturated heterocycles. The Labute approximate surface area is 148 Å². The van der Waals surface area contributed by atoms with Gasteiger partial charge >= 0.3 is 12.4 Å². The van der Waals surface area contributed by atoms with E-state index in [1.165, 1.54) is 0 Å². The van der Waals surface area contributed by atoms with Gasteiger partial charge in [0.15, 0.2) is 0 Å². The molecular weight excluding hydrogens is 376 g/mol. The number of fused-ring (bicyclic) bond motifs is 1. The van der Waals surface area contributed by atoms with Crippen molar-refractivity contribution in [2.24, 2.45) is 0 Å². The molecule has 27 heavy (non-hydrogen) atoms. The maximum absolute atomic E-state index is 12.9. The molecule has 142 valence electrons. The Kier molecular flexibility index (Phi) is 4.58. The van der Waals surface area contributed by atoms with E-state index in [9.17, 15) is 31.1 Å². The summed E-state index contributed by atoms with van der Waals surface area (Å²) in [5.41, 5.74) is -2.55. The first-order valence-corrected chi connectivity index (χ1v) is 7.55. The highest BCUT2D eigenvalue weighted by Crippen LogP contribution is 2.36. The van der Waals surface area contributed by atoms with Gasteiger partial charge in [-0.15, -0.1) is 0 Å². The quantitative estimate of drug-likeness (QED) is 0.649. The predicted octanol–water partition coefficient (Wildman–Crippen LogP) is 4.53. The van der Waals surface area contributed by atoms with Crippen molar-refractivity contribution in [1.82, 2.24) is 15.3 Å². The van der Waals surface area contributed by atoms with Crippen LogP contribution in [0.5, 0.6) is 0 Å². The molecule has 0 fully saturated rings. The van der Waals surface area contributed by atoms with E-state index in [2.05, 4.69) is 15.3 Å². The zero-order valence-electron chi connectivity index (χ0n) is 13.4. The van der Waals surface area contributed by atoms with Gasteiger partial charge in [-0.1, -0.05) is 12.1 Å². The fourth-order valence-corrected chi connectivity index (χ4v) is 2.44. The van der Waals surface area contributed by atoms with Gasteiger partial charge in [0.25, 0.3) is 5.91 Å². The number of aromatic amines is 1. The third kappa shape index (κ3) is 4.21. The molecule has 1 heterocycles. The zero-order chi connectivity index (χ0) is 19.8. The summed E-state index contributed by atoms with van der Waals surface area (Å²) in [4.78, 5) is 19.2. The minimum absolute atomic E-state index is 0.0317. The normalized spacial score (nSPS) is 12.4. The van der Waals surface area contributed by atoms with E-state index in [0.29, 0.717) is 29.0 Å². The second kappa shape index (κ2) is 6.60. The lowest BCUT2D eigenvalue weighted by Crippen LogP contribution is -2.24. The fourth-order valence-electron chi connectivity index (χ4n) is 2.44. The summed E-state index contributed by atoms with van der Waals surface area (Å²) in [5.74, 6) is -0.764. The Morgan fingerprint density at radius 1 is 0.963 bits per heavy atom. The van der Waals surface area contributed by atoms with Crippen molar-refractivity contribution in [3.8, 4) is 0 Å². The lowest BCUT2D eigenvalue weighted by atomic mass is 10.0. The molecule has 2 N–H and O–H groups in total. The third-order valence-electron chi connectivity index (χ3n) is 3.70. The first-order chi connectivity index (χ1) is 12.5. The Morgan fingerprint density at radius 2 is 1.56 bits per heavy atom. The van der Waals surface area contributed by atoms with E-state index in [1.54, 1.807) is 24.3 Å². The van der Waals surface area contributed by atoms with Crippen molar-refractivity contribution in [3.63, 3.8) is 0 Å². The molecule has 0 radical (unpaired) electrons. The molecule has 0 saturated carbocycles. The number of nitrogens with zero attached hydrogens (tertiary/aromatic N) is 1. The first-order valence-electron chi connectivity index (χ1n) is 7.55. The summed E-state index contributed by atoms with van der Waals surface area (Å²) in [7, 11) is 0. The zero-order valence-corrected chi connectivity index (χ0v) is 13.4. The Bertz CT molecular complexity index is 925.